The van der Waals surface area contributed by atoms with Crippen LogP contribution in [0.3, 0.4) is 0 Å². The Bertz CT molecular complexity index is 1390. The summed E-state index contributed by atoms with van der Waals surface area (Å²) >= 11 is 0. The minimum Gasteiger partial charge on any atom is -0.274 e. The van der Waals surface area contributed by atoms with Crippen LogP contribution in [0.5, 0.6) is 0 Å². The lowest BCUT2D eigenvalue weighted by Gasteiger charge is -2.14. The molecule has 176 valence electrons. The molecule has 0 bridgehead atoms. The fourth-order valence-corrected chi connectivity index (χ4v) is 4.13. The van der Waals surface area contributed by atoms with Crippen molar-refractivity contribution in [3.05, 3.63) is 107 Å². The molecule has 2 amide bonds. The van der Waals surface area contributed by atoms with E-state index in [-0.39, 0.29) is 18.4 Å². The molecule has 0 saturated heterocycles. The number of halogens is 3. The molecule has 3 aromatic carbocycles. The van der Waals surface area contributed by atoms with Crippen molar-refractivity contribution in [1.82, 2.24) is 14.7 Å². The normalized spacial score (nSPS) is 13.4. The molecule has 0 N–H and O–H groups in total. The maximum absolute atomic E-state index is 13.4. The highest BCUT2D eigenvalue weighted by Gasteiger charge is 2.36. The molecule has 0 aliphatic carbocycles. The van der Waals surface area contributed by atoms with Crippen LogP contribution in [-0.4, -0.2) is 33.0 Å². The molecule has 0 spiro atoms. The SMILES string of the molecule is Cc1ccc(-n2nc(C(F)(F)F)cc2-c2ccc(CCN3C(=O)c4ccccc4C3=O)cc2)cc1. The van der Waals surface area contributed by atoms with Gasteiger partial charge in [0.05, 0.1) is 22.5 Å². The van der Waals surface area contributed by atoms with Crippen LogP contribution in [0.15, 0.2) is 78.9 Å². The third-order valence-electron chi connectivity index (χ3n) is 6.03. The molecule has 0 saturated carbocycles. The summed E-state index contributed by atoms with van der Waals surface area (Å²) in [5, 5.41) is 3.82. The number of amides is 2. The van der Waals surface area contributed by atoms with E-state index in [2.05, 4.69) is 5.10 Å². The summed E-state index contributed by atoms with van der Waals surface area (Å²) < 4.78 is 41.5. The predicted octanol–water partition coefficient (Wildman–Crippen LogP) is 5.71. The molecule has 1 aliphatic rings. The Kier molecular flexibility index (Phi) is 5.51. The van der Waals surface area contributed by atoms with Gasteiger partial charge in [0.25, 0.3) is 11.8 Å². The van der Waals surface area contributed by atoms with Gasteiger partial charge in [0.15, 0.2) is 5.69 Å². The molecular weight excluding hydrogens is 455 g/mol. The average molecular weight is 475 g/mol. The standard InChI is InChI=1S/C27H20F3N3O2/c1-17-6-12-20(13-7-17)33-23(16-24(31-33)27(28,29)30)19-10-8-18(9-11-19)14-15-32-25(34)21-4-2-3-5-22(21)26(32)35/h2-13,16H,14-15H2,1H3. The van der Waals surface area contributed by atoms with Gasteiger partial charge in [0, 0.05) is 12.1 Å². The molecule has 2 heterocycles. The van der Waals surface area contributed by atoms with Crippen molar-refractivity contribution >= 4 is 11.8 Å². The average Bonchev–Trinajstić information content (AvgIpc) is 3.40. The quantitative estimate of drug-likeness (QED) is 0.348. The number of nitrogens with zero attached hydrogens (tertiary/aromatic N) is 3. The van der Waals surface area contributed by atoms with Crippen molar-refractivity contribution < 1.29 is 22.8 Å². The molecule has 0 radical (unpaired) electrons. The van der Waals surface area contributed by atoms with Crippen molar-refractivity contribution in [1.29, 1.82) is 0 Å². The van der Waals surface area contributed by atoms with Gasteiger partial charge in [-0.2, -0.15) is 18.3 Å². The predicted molar refractivity (Wildman–Crippen MR) is 124 cm³/mol. The largest absolute Gasteiger partial charge is 0.435 e. The maximum Gasteiger partial charge on any atom is 0.435 e. The molecular formula is C27H20F3N3O2. The smallest absolute Gasteiger partial charge is 0.274 e. The Balaban J connectivity index is 1.38. The van der Waals surface area contributed by atoms with Crippen LogP contribution in [0.2, 0.25) is 0 Å². The molecule has 4 aromatic rings. The zero-order valence-electron chi connectivity index (χ0n) is 18.7. The number of aryl methyl sites for hydroxylation is 1. The summed E-state index contributed by atoms with van der Waals surface area (Å²) in [4.78, 5) is 26.3. The lowest BCUT2D eigenvalue weighted by atomic mass is 10.1. The molecule has 1 aromatic heterocycles. The van der Waals surface area contributed by atoms with E-state index in [0.29, 0.717) is 34.5 Å². The van der Waals surface area contributed by atoms with Crippen LogP contribution >= 0.6 is 0 Å². The van der Waals surface area contributed by atoms with Gasteiger partial charge >= 0.3 is 6.18 Å². The number of hydrogen-bond acceptors (Lipinski definition) is 3. The van der Waals surface area contributed by atoms with Gasteiger partial charge < -0.3 is 0 Å². The van der Waals surface area contributed by atoms with Crippen molar-refractivity contribution in [2.75, 3.05) is 6.54 Å². The van der Waals surface area contributed by atoms with E-state index in [1.54, 1.807) is 60.7 Å². The number of alkyl halides is 3. The Morgan fingerprint density at radius 1 is 0.829 bits per heavy atom. The van der Waals surface area contributed by atoms with E-state index >= 15 is 0 Å². The van der Waals surface area contributed by atoms with Gasteiger partial charge in [-0.05, 0) is 49.2 Å². The number of benzene rings is 3. The lowest BCUT2D eigenvalue weighted by molar-refractivity contribution is -0.141. The Hall–Kier alpha value is -4.20. The number of fused-ring (bicyclic) bond motifs is 1. The van der Waals surface area contributed by atoms with Crippen LogP contribution in [-0.2, 0) is 12.6 Å². The van der Waals surface area contributed by atoms with Crippen LogP contribution in [0.4, 0.5) is 13.2 Å². The first kappa shape index (κ1) is 22.6. The summed E-state index contributed by atoms with van der Waals surface area (Å²) in [6, 6.07) is 21.8. The van der Waals surface area contributed by atoms with Crippen LogP contribution in [0.25, 0.3) is 16.9 Å². The van der Waals surface area contributed by atoms with E-state index in [4.69, 9.17) is 0 Å². The van der Waals surface area contributed by atoms with Gasteiger partial charge in [-0.25, -0.2) is 4.68 Å². The first-order chi connectivity index (χ1) is 16.7. The number of hydrogen-bond donors (Lipinski definition) is 0. The van der Waals surface area contributed by atoms with Crippen molar-refractivity contribution in [2.45, 2.75) is 19.5 Å². The monoisotopic (exact) mass is 475 g/mol. The Morgan fingerprint density at radius 3 is 2.00 bits per heavy atom. The number of aromatic nitrogens is 2. The second-order valence-electron chi connectivity index (χ2n) is 8.41. The molecule has 0 atom stereocenters. The van der Waals surface area contributed by atoms with Gasteiger partial charge in [-0.1, -0.05) is 54.1 Å². The fraction of sp³-hybridized carbons (Fsp3) is 0.148. The first-order valence-electron chi connectivity index (χ1n) is 11.0. The van der Waals surface area contributed by atoms with E-state index in [1.165, 1.54) is 9.58 Å². The number of rotatable bonds is 5. The van der Waals surface area contributed by atoms with Crippen molar-refractivity contribution in [2.24, 2.45) is 0 Å². The molecule has 35 heavy (non-hydrogen) atoms. The second kappa shape index (κ2) is 8.54. The third kappa shape index (κ3) is 4.23. The summed E-state index contributed by atoms with van der Waals surface area (Å²) in [5.74, 6) is -0.632. The number of carbonyl (C=O) groups is 2. The Morgan fingerprint density at radius 2 is 1.43 bits per heavy atom. The zero-order chi connectivity index (χ0) is 24.7. The van der Waals surface area contributed by atoms with Gasteiger partial charge in [-0.3, -0.25) is 14.5 Å². The highest BCUT2D eigenvalue weighted by atomic mass is 19.4. The minimum absolute atomic E-state index is 0.214. The lowest BCUT2D eigenvalue weighted by Crippen LogP contribution is -2.31. The summed E-state index contributed by atoms with van der Waals surface area (Å²) in [6.07, 6.45) is -4.15. The van der Waals surface area contributed by atoms with E-state index in [0.717, 1.165) is 17.2 Å². The molecule has 5 rings (SSSR count). The van der Waals surface area contributed by atoms with E-state index in [1.807, 2.05) is 19.1 Å². The number of carbonyl (C=O) groups excluding carboxylic acids is 2. The van der Waals surface area contributed by atoms with Crippen molar-refractivity contribution in [3.63, 3.8) is 0 Å². The second-order valence-corrected chi connectivity index (χ2v) is 8.41. The zero-order valence-corrected chi connectivity index (χ0v) is 18.7. The van der Waals surface area contributed by atoms with Crippen LogP contribution in [0.1, 0.15) is 37.5 Å². The summed E-state index contributed by atoms with van der Waals surface area (Å²) in [5.41, 5.74) is 3.07. The summed E-state index contributed by atoms with van der Waals surface area (Å²) in [6.45, 7) is 2.11. The third-order valence-corrected chi connectivity index (χ3v) is 6.03. The van der Waals surface area contributed by atoms with Gasteiger partial charge in [-0.15, -0.1) is 0 Å². The summed E-state index contributed by atoms with van der Waals surface area (Å²) in [7, 11) is 0. The number of imide groups is 1. The molecule has 5 nitrogen and oxygen atoms in total. The molecule has 1 aliphatic heterocycles. The highest BCUT2D eigenvalue weighted by molar-refractivity contribution is 6.21. The maximum atomic E-state index is 13.4. The van der Waals surface area contributed by atoms with Crippen LogP contribution < -0.4 is 0 Å². The molecule has 8 heteroatoms. The topological polar surface area (TPSA) is 55.2 Å². The van der Waals surface area contributed by atoms with Gasteiger partial charge in [0.2, 0.25) is 0 Å². The van der Waals surface area contributed by atoms with E-state index in [9.17, 15) is 22.8 Å². The van der Waals surface area contributed by atoms with E-state index < -0.39 is 11.9 Å². The molecule has 0 fully saturated rings. The molecule has 0 unspecified atom stereocenters. The minimum atomic E-state index is -4.57. The fourth-order valence-electron chi connectivity index (χ4n) is 4.13. The van der Waals surface area contributed by atoms with Crippen molar-refractivity contribution in [3.8, 4) is 16.9 Å². The van der Waals surface area contributed by atoms with Crippen LogP contribution in [0, 0.1) is 6.92 Å². The first-order valence-corrected chi connectivity index (χ1v) is 11.0. The Labute approximate surface area is 199 Å². The highest BCUT2D eigenvalue weighted by Crippen LogP contribution is 2.33. The van der Waals surface area contributed by atoms with Gasteiger partial charge in [0.1, 0.15) is 0 Å².